The van der Waals surface area contributed by atoms with Crippen molar-refractivity contribution in [2.75, 3.05) is 6.54 Å². The first-order valence-electron chi connectivity index (χ1n) is 7.07. The van der Waals surface area contributed by atoms with Gasteiger partial charge >= 0.3 is 0 Å². The zero-order valence-corrected chi connectivity index (χ0v) is 13.4. The third-order valence-corrected chi connectivity index (χ3v) is 4.45. The molecule has 0 heterocycles. The van der Waals surface area contributed by atoms with Crippen molar-refractivity contribution in [3.05, 3.63) is 65.2 Å². The van der Waals surface area contributed by atoms with Gasteiger partial charge in [-0.05, 0) is 55.3 Å². The van der Waals surface area contributed by atoms with Gasteiger partial charge in [0.05, 0.1) is 4.90 Å². The summed E-state index contributed by atoms with van der Waals surface area (Å²) in [6.07, 6.45) is 0.524. The zero-order chi connectivity index (χ0) is 17.0. The normalized spacial score (nSPS) is 13.0. The van der Waals surface area contributed by atoms with Gasteiger partial charge in [0.2, 0.25) is 10.0 Å². The third kappa shape index (κ3) is 4.82. The molecule has 2 aromatic rings. The Hall–Kier alpha value is -1.83. The van der Waals surface area contributed by atoms with E-state index in [1.54, 1.807) is 12.1 Å². The van der Waals surface area contributed by atoms with Crippen molar-refractivity contribution < 1.29 is 17.2 Å². The fourth-order valence-corrected chi connectivity index (χ4v) is 2.78. The van der Waals surface area contributed by atoms with E-state index in [1.807, 2.05) is 6.92 Å². The summed E-state index contributed by atoms with van der Waals surface area (Å²) in [5.74, 6) is -1.73. The second-order valence-corrected chi connectivity index (χ2v) is 6.85. The Morgan fingerprint density at radius 3 is 2.52 bits per heavy atom. The molecule has 0 bridgehead atoms. The zero-order valence-electron chi connectivity index (χ0n) is 12.6. The summed E-state index contributed by atoms with van der Waals surface area (Å²) in [4.78, 5) is 0.0595. The van der Waals surface area contributed by atoms with Gasteiger partial charge in [-0.3, -0.25) is 0 Å². The summed E-state index contributed by atoms with van der Waals surface area (Å²) in [6.45, 7) is 2.42. The van der Waals surface area contributed by atoms with Gasteiger partial charge in [0.1, 0.15) is 0 Å². The van der Waals surface area contributed by atoms with Crippen molar-refractivity contribution in [3.8, 4) is 0 Å². The Bertz CT molecular complexity index is 794. The van der Waals surface area contributed by atoms with Gasteiger partial charge in [-0.25, -0.2) is 22.3 Å². The fraction of sp³-hybridized carbons (Fsp3) is 0.250. The van der Waals surface area contributed by atoms with Gasteiger partial charge in [0.15, 0.2) is 11.6 Å². The van der Waals surface area contributed by atoms with Crippen LogP contribution in [0.3, 0.4) is 0 Å². The Morgan fingerprint density at radius 1 is 1.13 bits per heavy atom. The molecule has 3 N–H and O–H groups in total. The van der Waals surface area contributed by atoms with Crippen molar-refractivity contribution in [2.45, 2.75) is 24.3 Å². The Labute approximate surface area is 134 Å². The lowest BCUT2D eigenvalue weighted by Crippen LogP contribution is -2.22. The summed E-state index contributed by atoms with van der Waals surface area (Å²) in [5, 5.41) is 8.32. The van der Waals surface area contributed by atoms with Crippen molar-refractivity contribution in [2.24, 2.45) is 5.14 Å². The van der Waals surface area contributed by atoms with Crippen LogP contribution in [0.2, 0.25) is 0 Å². The molecular formula is C16H18F2N2O2S. The van der Waals surface area contributed by atoms with Gasteiger partial charge in [-0.1, -0.05) is 18.2 Å². The van der Waals surface area contributed by atoms with Gasteiger partial charge in [-0.15, -0.1) is 0 Å². The highest BCUT2D eigenvalue weighted by Crippen LogP contribution is 2.17. The molecule has 0 aliphatic rings. The van der Waals surface area contributed by atoms with Crippen LogP contribution in [0.1, 0.15) is 24.1 Å². The van der Waals surface area contributed by atoms with Crippen molar-refractivity contribution in [1.82, 2.24) is 5.32 Å². The van der Waals surface area contributed by atoms with E-state index in [4.69, 9.17) is 5.14 Å². The van der Waals surface area contributed by atoms with E-state index in [-0.39, 0.29) is 10.9 Å². The Balaban J connectivity index is 1.97. The molecule has 0 saturated carbocycles. The number of halogens is 2. The number of hydrogen-bond donors (Lipinski definition) is 2. The highest BCUT2D eigenvalue weighted by Gasteiger charge is 2.11. The number of nitrogens with two attached hydrogens (primary N) is 1. The lowest BCUT2D eigenvalue weighted by atomic mass is 10.1. The molecular weight excluding hydrogens is 322 g/mol. The molecule has 0 amide bonds. The number of nitrogens with one attached hydrogen (secondary N) is 1. The van der Waals surface area contributed by atoms with Gasteiger partial charge in [0, 0.05) is 6.04 Å². The summed E-state index contributed by atoms with van der Waals surface area (Å²) in [7, 11) is -3.74. The Kier molecular flexibility index (Phi) is 5.46. The number of sulfonamides is 1. The molecule has 0 aliphatic heterocycles. The number of benzene rings is 2. The molecule has 4 nitrogen and oxygen atoms in total. The first-order valence-corrected chi connectivity index (χ1v) is 8.62. The second-order valence-electron chi connectivity index (χ2n) is 5.29. The van der Waals surface area contributed by atoms with Crippen LogP contribution in [0.25, 0.3) is 0 Å². The molecule has 0 radical (unpaired) electrons. The lowest BCUT2D eigenvalue weighted by Gasteiger charge is -2.15. The molecule has 0 unspecified atom stereocenters. The maximum atomic E-state index is 13.1. The van der Waals surface area contributed by atoms with Crippen LogP contribution in [-0.4, -0.2) is 15.0 Å². The van der Waals surface area contributed by atoms with Crippen LogP contribution in [0.15, 0.2) is 47.4 Å². The second kappa shape index (κ2) is 7.16. The highest BCUT2D eigenvalue weighted by molar-refractivity contribution is 7.89. The molecule has 7 heteroatoms. The minimum Gasteiger partial charge on any atom is -0.310 e. The van der Waals surface area contributed by atoms with Crippen LogP contribution in [0, 0.1) is 11.6 Å². The molecule has 0 spiro atoms. The van der Waals surface area contributed by atoms with Gasteiger partial charge < -0.3 is 5.32 Å². The van der Waals surface area contributed by atoms with Crippen molar-refractivity contribution in [3.63, 3.8) is 0 Å². The predicted octanol–water partition coefficient (Wildman–Crippen LogP) is 2.51. The van der Waals surface area contributed by atoms with Crippen molar-refractivity contribution >= 4 is 10.0 Å². The quantitative estimate of drug-likeness (QED) is 0.849. The van der Waals surface area contributed by atoms with Gasteiger partial charge in [0.25, 0.3) is 0 Å². The molecule has 0 fully saturated rings. The van der Waals surface area contributed by atoms with Crippen LogP contribution in [-0.2, 0) is 16.4 Å². The number of primary sulfonamides is 1. The predicted molar refractivity (Wildman–Crippen MR) is 84.3 cm³/mol. The maximum absolute atomic E-state index is 13.1. The topological polar surface area (TPSA) is 72.2 Å². The average molecular weight is 340 g/mol. The number of rotatable bonds is 6. The maximum Gasteiger partial charge on any atom is 0.238 e. The highest BCUT2D eigenvalue weighted by atomic mass is 32.2. The molecule has 0 saturated heterocycles. The lowest BCUT2D eigenvalue weighted by molar-refractivity contribution is 0.506. The van der Waals surface area contributed by atoms with E-state index in [2.05, 4.69) is 5.32 Å². The van der Waals surface area contributed by atoms with E-state index in [9.17, 15) is 17.2 Å². The standard InChI is InChI=1S/C16H18F2N2O2S/c1-11(13-3-2-4-14(10-13)23(19,21)22)20-8-7-12-5-6-15(17)16(18)9-12/h2-6,9-11,20H,7-8H2,1H3,(H2,19,21,22)/t11-/m0/s1. The van der Waals surface area contributed by atoms with Crippen LogP contribution < -0.4 is 10.5 Å². The van der Waals surface area contributed by atoms with E-state index >= 15 is 0 Å². The molecule has 2 aromatic carbocycles. The molecule has 124 valence electrons. The molecule has 1 atom stereocenters. The first kappa shape index (κ1) is 17.5. The monoisotopic (exact) mass is 340 g/mol. The molecule has 2 rings (SSSR count). The van der Waals surface area contributed by atoms with Gasteiger partial charge in [-0.2, -0.15) is 0 Å². The number of hydrogen-bond acceptors (Lipinski definition) is 3. The van der Waals surface area contributed by atoms with Crippen molar-refractivity contribution in [1.29, 1.82) is 0 Å². The first-order chi connectivity index (χ1) is 10.8. The summed E-state index contributed by atoms with van der Waals surface area (Å²) >= 11 is 0. The molecule has 0 aliphatic carbocycles. The van der Waals surface area contributed by atoms with E-state index in [0.29, 0.717) is 18.5 Å². The smallest absolute Gasteiger partial charge is 0.238 e. The molecule has 23 heavy (non-hydrogen) atoms. The van der Waals surface area contributed by atoms with Crippen LogP contribution in [0.5, 0.6) is 0 Å². The summed E-state index contributed by atoms with van der Waals surface area (Å²) in [6, 6.07) is 10.1. The van der Waals surface area contributed by atoms with Crippen LogP contribution >= 0.6 is 0 Å². The van der Waals surface area contributed by atoms with E-state index in [0.717, 1.165) is 11.6 Å². The minimum atomic E-state index is -3.74. The van der Waals surface area contributed by atoms with E-state index in [1.165, 1.54) is 24.3 Å². The van der Waals surface area contributed by atoms with E-state index < -0.39 is 21.7 Å². The largest absolute Gasteiger partial charge is 0.310 e. The summed E-state index contributed by atoms with van der Waals surface area (Å²) < 4.78 is 48.7. The summed E-state index contributed by atoms with van der Waals surface area (Å²) in [5.41, 5.74) is 1.46. The molecule has 0 aromatic heterocycles. The SMILES string of the molecule is C[C@H](NCCc1ccc(F)c(F)c1)c1cccc(S(N)(=O)=O)c1. The Morgan fingerprint density at radius 2 is 1.87 bits per heavy atom. The fourth-order valence-electron chi connectivity index (χ4n) is 2.21. The third-order valence-electron chi connectivity index (χ3n) is 3.53. The average Bonchev–Trinajstić information content (AvgIpc) is 2.50. The van der Waals surface area contributed by atoms with Crippen LogP contribution in [0.4, 0.5) is 8.78 Å². The minimum absolute atomic E-state index is 0.0595.